The molecule has 3 aromatic rings. The van der Waals surface area contributed by atoms with Crippen molar-refractivity contribution in [1.29, 1.82) is 0 Å². The van der Waals surface area contributed by atoms with Gasteiger partial charge >= 0.3 is 0 Å². The summed E-state index contributed by atoms with van der Waals surface area (Å²) in [6.45, 7) is -0.100. The van der Waals surface area contributed by atoms with Crippen LogP contribution in [0.1, 0.15) is 0 Å². The van der Waals surface area contributed by atoms with Crippen LogP contribution in [-0.4, -0.2) is 22.5 Å². The van der Waals surface area contributed by atoms with Crippen LogP contribution in [0, 0.1) is 0 Å². The minimum atomic E-state index is -0.275. The summed E-state index contributed by atoms with van der Waals surface area (Å²) in [6, 6.07) is 17.7. The van der Waals surface area contributed by atoms with Gasteiger partial charge < -0.3 is 14.8 Å². The van der Waals surface area contributed by atoms with E-state index in [-0.39, 0.29) is 12.5 Å². The Balaban J connectivity index is 1.50. The summed E-state index contributed by atoms with van der Waals surface area (Å²) in [5, 5.41) is 2.65. The largest absolute Gasteiger partial charge is 0.484 e. The van der Waals surface area contributed by atoms with Crippen LogP contribution in [0.15, 0.2) is 73.1 Å². The van der Waals surface area contributed by atoms with E-state index in [0.29, 0.717) is 23.2 Å². The Morgan fingerprint density at radius 3 is 2.25 bits per heavy atom. The molecule has 0 atom stereocenters. The van der Waals surface area contributed by atoms with Gasteiger partial charge in [-0.25, -0.2) is 9.97 Å². The molecule has 0 spiro atoms. The molecule has 120 valence electrons. The monoisotopic (exact) mass is 321 g/mol. The van der Waals surface area contributed by atoms with Crippen LogP contribution in [0.4, 0.5) is 5.82 Å². The number of rotatable bonds is 6. The summed E-state index contributed by atoms with van der Waals surface area (Å²) in [5.74, 6) is 1.94. The van der Waals surface area contributed by atoms with E-state index in [2.05, 4.69) is 15.3 Å². The van der Waals surface area contributed by atoms with E-state index in [9.17, 15) is 4.79 Å². The van der Waals surface area contributed by atoms with Gasteiger partial charge in [-0.05, 0) is 42.5 Å². The van der Waals surface area contributed by atoms with Gasteiger partial charge in [-0.2, -0.15) is 0 Å². The second-order valence-corrected chi connectivity index (χ2v) is 4.79. The van der Waals surface area contributed by atoms with Crippen molar-refractivity contribution in [1.82, 2.24) is 9.97 Å². The van der Waals surface area contributed by atoms with Crippen LogP contribution in [0.3, 0.4) is 0 Å². The van der Waals surface area contributed by atoms with Gasteiger partial charge in [0.05, 0.1) is 0 Å². The zero-order valence-corrected chi connectivity index (χ0v) is 12.8. The van der Waals surface area contributed by atoms with Crippen LogP contribution in [0.5, 0.6) is 17.4 Å². The van der Waals surface area contributed by atoms with Crippen molar-refractivity contribution in [3.63, 3.8) is 0 Å². The molecule has 3 rings (SSSR count). The molecule has 0 fully saturated rings. The molecule has 6 heteroatoms. The molecule has 24 heavy (non-hydrogen) atoms. The molecule has 6 nitrogen and oxygen atoms in total. The van der Waals surface area contributed by atoms with Crippen molar-refractivity contribution in [2.45, 2.75) is 0 Å². The van der Waals surface area contributed by atoms with Crippen molar-refractivity contribution in [2.75, 3.05) is 11.9 Å². The molecule has 0 saturated heterocycles. The number of carbonyl (C=O) groups excluding carboxylic acids is 1. The number of anilines is 1. The van der Waals surface area contributed by atoms with E-state index in [4.69, 9.17) is 9.47 Å². The van der Waals surface area contributed by atoms with Crippen molar-refractivity contribution in [3.8, 4) is 17.4 Å². The Morgan fingerprint density at radius 2 is 1.58 bits per heavy atom. The molecule has 0 aliphatic carbocycles. The van der Waals surface area contributed by atoms with Gasteiger partial charge in [0.25, 0.3) is 5.91 Å². The zero-order valence-electron chi connectivity index (χ0n) is 12.8. The van der Waals surface area contributed by atoms with Gasteiger partial charge in [-0.3, -0.25) is 4.79 Å². The van der Waals surface area contributed by atoms with Gasteiger partial charge in [0, 0.05) is 18.5 Å². The Labute approximate surface area is 139 Å². The van der Waals surface area contributed by atoms with E-state index in [0.717, 1.165) is 0 Å². The number of nitrogens with one attached hydrogen (secondary N) is 1. The van der Waals surface area contributed by atoms with Crippen LogP contribution < -0.4 is 14.8 Å². The van der Waals surface area contributed by atoms with E-state index in [1.165, 1.54) is 0 Å². The average Bonchev–Trinajstić information content (AvgIpc) is 2.63. The predicted molar refractivity (Wildman–Crippen MR) is 89.1 cm³/mol. The normalized spacial score (nSPS) is 10.0. The molecule has 1 N–H and O–H groups in total. The first kappa shape index (κ1) is 15.5. The molecule has 2 heterocycles. The number of nitrogens with zero attached hydrogens (tertiary/aromatic N) is 2. The third-order valence-electron chi connectivity index (χ3n) is 2.99. The van der Waals surface area contributed by atoms with E-state index < -0.39 is 0 Å². The number of aromatic nitrogens is 2. The fourth-order valence-corrected chi connectivity index (χ4v) is 1.90. The Hall–Kier alpha value is -3.41. The number of pyridine rings is 2. The first-order valence-corrected chi connectivity index (χ1v) is 7.32. The topological polar surface area (TPSA) is 73.3 Å². The highest BCUT2D eigenvalue weighted by Crippen LogP contribution is 2.22. The van der Waals surface area contributed by atoms with Gasteiger partial charge in [-0.1, -0.05) is 12.1 Å². The summed E-state index contributed by atoms with van der Waals surface area (Å²) in [7, 11) is 0. The molecule has 0 radical (unpaired) electrons. The number of hydrogen-bond acceptors (Lipinski definition) is 5. The molecular weight excluding hydrogens is 306 g/mol. The summed E-state index contributed by atoms with van der Waals surface area (Å²) < 4.78 is 11.0. The molecular formula is C18H15N3O3. The lowest BCUT2D eigenvalue weighted by Gasteiger charge is -2.08. The summed E-state index contributed by atoms with van der Waals surface area (Å²) in [5.41, 5.74) is 0. The van der Waals surface area contributed by atoms with Crippen LogP contribution in [-0.2, 0) is 4.79 Å². The van der Waals surface area contributed by atoms with Gasteiger partial charge in [0.2, 0.25) is 5.88 Å². The number of ether oxygens (including phenoxy) is 2. The van der Waals surface area contributed by atoms with Crippen LogP contribution in [0.2, 0.25) is 0 Å². The van der Waals surface area contributed by atoms with Crippen LogP contribution in [0.25, 0.3) is 0 Å². The Morgan fingerprint density at radius 1 is 0.875 bits per heavy atom. The number of benzene rings is 1. The SMILES string of the molecule is O=C(COc1ccc(Oc2ccccn2)cc1)Nc1ccccn1. The molecule has 0 aliphatic heterocycles. The number of carbonyl (C=O) groups is 1. The third-order valence-corrected chi connectivity index (χ3v) is 2.99. The summed E-state index contributed by atoms with van der Waals surface area (Å²) in [6.07, 6.45) is 3.27. The summed E-state index contributed by atoms with van der Waals surface area (Å²) >= 11 is 0. The quantitative estimate of drug-likeness (QED) is 0.754. The average molecular weight is 321 g/mol. The lowest BCUT2D eigenvalue weighted by Crippen LogP contribution is -2.20. The first-order valence-electron chi connectivity index (χ1n) is 7.32. The maximum absolute atomic E-state index is 11.8. The number of hydrogen-bond donors (Lipinski definition) is 1. The highest BCUT2D eigenvalue weighted by atomic mass is 16.5. The maximum Gasteiger partial charge on any atom is 0.263 e. The van der Waals surface area contributed by atoms with E-state index >= 15 is 0 Å². The lowest BCUT2D eigenvalue weighted by atomic mass is 10.3. The van der Waals surface area contributed by atoms with Crippen molar-refractivity contribution in [2.24, 2.45) is 0 Å². The third kappa shape index (κ3) is 4.54. The molecule has 0 saturated carbocycles. The Kier molecular flexibility index (Phi) is 4.99. The molecule has 0 aliphatic rings. The number of amides is 1. The van der Waals surface area contributed by atoms with Crippen molar-refractivity contribution >= 4 is 11.7 Å². The maximum atomic E-state index is 11.8. The standard InChI is InChI=1S/C18H15N3O3/c22-17(21-16-5-1-3-11-19-16)13-23-14-7-9-15(10-8-14)24-18-6-2-4-12-20-18/h1-12H,13H2,(H,19,21,22). The second kappa shape index (κ2) is 7.73. The minimum Gasteiger partial charge on any atom is -0.484 e. The van der Waals surface area contributed by atoms with Gasteiger partial charge in [0.1, 0.15) is 17.3 Å². The van der Waals surface area contributed by atoms with Gasteiger partial charge in [-0.15, -0.1) is 0 Å². The lowest BCUT2D eigenvalue weighted by molar-refractivity contribution is -0.118. The van der Waals surface area contributed by atoms with E-state index in [1.807, 2.05) is 12.1 Å². The molecule has 1 aromatic carbocycles. The molecule has 0 bridgehead atoms. The highest BCUT2D eigenvalue weighted by Gasteiger charge is 2.05. The predicted octanol–water partition coefficient (Wildman–Crippen LogP) is 3.29. The minimum absolute atomic E-state index is 0.100. The smallest absolute Gasteiger partial charge is 0.263 e. The fraction of sp³-hybridized carbons (Fsp3) is 0.0556. The zero-order chi connectivity index (χ0) is 16.6. The second-order valence-electron chi connectivity index (χ2n) is 4.79. The Bertz CT molecular complexity index is 778. The molecule has 1 amide bonds. The van der Waals surface area contributed by atoms with Crippen molar-refractivity contribution < 1.29 is 14.3 Å². The summed E-state index contributed by atoms with van der Waals surface area (Å²) in [4.78, 5) is 19.9. The molecule has 0 unspecified atom stereocenters. The van der Waals surface area contributed by atoms with E-state index in [1.54, 1.807) is 60.9 Å². The first-order chi connectivity index (χ1) is 11.8. The van der Waals surface area contributed by atoms with Crippen molar-refractivity contribution in [3.05, 3.63) is 73.1 Å². The van der Waals surface area contributed by atoms with Crippen LogP contribution >= 0.6 is 0 Å². The molecule has 2 aromatic heterocycles. The van der Waals surface area contributed by atoms with Gasteiger partial charge in [0.15, 0.2) is 6.61 Å². The highest BCUT2D eigenvalue weighted by molar-refractivity contribution is 5.90. The fourth-order valence-electron chi connectivity index (χ4n) is 1.90.